The molecule has 5 nitrogen and oxygen atoms in total. The van der Waals surface area contributed by atoms with Gasteiger partial charge in [0.1, 0.15) is 6.04 Å². The third-order valence-corrected chi connectivity index (χ3v) is 3.33. The normalized spacial score (nSPS) is 12.2. The predicted octanol–water partition coefficient (Wildman–Crippen LogP) is 3.08. The van der Waals surface area contributed by atoms with Crippen LogP contribution in [0, 0.1) is 0 Å². The molecule has 0 aliphatic carbocycles. The van der Waals surface area contributed by atoms with Crippen molar-refractivity contribution < 1.29 is 19.5 Å². The van der Waals surface area contributed by atoms with E-state index in [-0.39, 0.29) is 12.4 Å². The highest BCUT2D eigenvalue weighted by atomic mass is 16.6. The molecule has 0 saturated heterocycles. The fourth-order valence-electron chi connectivity index (χ4n) is 1.90. The first-order chi connectivity index (χ1) is 11.6. The molecule has 0 aliphatic heterocycles. The highest BCUT2D eigenvalue weighted by Gasteiger charge is 2.09. The van der Waals surface area contributed by atoms with Crippen LogP contribution in [0.4, 0.5) is 0 Å². The molecular weight excluding hydrogens is 306 g/mol. The number of benzene rings is 2. The molecule has 0 spiro atoms. The highest BCUT2D eigenvalue weighted by Crippen LogP contribution is 2.09. The van der Waals surface area contributed by atoms with E-state index < -0.39 is 12.0 Å². The molecule has 2 aromatic rings. The molecular formula is C19H19NO4. The van der Waals surface area contributed by atoms with E-state index in [4.69, 9.17) is 9.94 Å². The average Bonchev–Trinajstić information content (AvgIpc) is 2.61. The summed E-state index contributed by atoms with van der Waals surface area (Å²) in [6.45, 7) is 1.75. The summed E-state index contributed by atoms with van der Waals surface area (Å²) in [6.07, 6.45) is 3.29. The first-order valence-electron chi connectivity index (χ1n) is 7.53. The van der Waals surface area contributed by atoms with Crippen LogP contribution in [0.3, 0.4) is 0 Å². The van der Waals surface area contributed by atoms with E-state index >= 15 is 0 Å². The summed E-state index contributed by atoms with van der Waals surface area (Å²) in [5.41, 5.74) is 4.89. The molecule has 24 heavy (non-hydrogen) atoms. The molecule has 0 fully saturated rings. The van der Waals surface area contributed by atoms with E-state index in [2.05, 4.69) is 5.48 Å². The number of carbonyl (C=O) groups is 2. The van der Waals surface area contributed by atoms with Crippen LogP contribution in [0.15, 0.2) is 60.7 Å². The van der Waals surface area contributed by atoms with Crippen molar-refractivity contribution >= 4 is 17.8 Å². The number of nitrogens with one attached hydrogen (secondary N) is 1. The van der Waals surface area contributed by atoms with Crippen LogP contribution in [0.2, 0.25) is 0 Å². The monoisotopic (exact) mass is 325 g/mol. The molecule has 0 aromatic heterocycles. The lowest BCUT2D eigenvalue weighted by molar-refractivity contribution is -0.143. The molecule has 0 amide bonds. The zero-order valence-corrected chi connectivity index (χ0v) is 13.3. The van der Waals surface area contributed by atoms with Gasteiger partial charge in [0.05, 0.1) is 6.61 Å². The maximum Gasteiger partial charge on any atom is 0.322 e. The van der Waals surface area contributed by atoms with E-state index in [1.54, 1.807) is 18.2 Å². The maximum atomic E-state index is 12.0. The van der Waals surface area contributed by atoms with E-state index in [9.17, 15) is 9.59 Å². The van der Waals surface area contributed by atoms with Crippen molar-refractivity contribution in [3.8, 4) is 0 Å². The molecule has 0 radical (unpaired) electrons. The lowest BCUT2D eigenvalue weighted by Crippen LogP contribution is -2.33. The molecule has 0 bridgehead atoms. The molecule has 1 atom stereocenters. The Kier molecular flexibility index (Phi) is 6.42. The molecule has 5 heteroatoms. The van der Waals surface area contributed by atoms with Gasteiger partial charge in [-0.1, -0.05) is 60.7 Å². The molecule has 0 heterocycles. The van der Waals surface area contributed by atoms with Crippen LogP contribution >= 0.6 is 0 Å². The number of hydrogen-bond donors (Lipinski definition) is 2. The van der Waals surface area contributed by atoms with E-state index in [1.165, 1.54) is 13.0 Å². The van der Waals surface area contributed by atoms with Crippen molar-refractivity contribution in [3.63, 3.8) is 0 Å². The first-order valence-corrected chi connectivity index (χ1v) is 7.53. The molecule has 2 rings (SSSR count). The van der Waals surface area contributed by atoms with Crippen LogP contribution in [0.5, 0.6) is 0 Å². The summed E-state index contributed by atoms with van der Waals surface area (Å²) in [7, 11) is 0. The van der Waals surface area contributed by atoms with E-state index in [1.807, 2.05) is 42.5 Å². The Labute approximate surface area is 140 Å². The summed E-state index contributed by atoms with van der Waals surface area (Å²) in [5, 5.41) is 8.72. The standard InChI is InChI=1S/C19H19NO4/c1-14(19(22)23)20-24-13-16-9-7-15(8-10-16)11-12-18(21)17-5-3-2-4-6-17/h2-12,14,20H,13H2,1H3,(H,22,23)/b12-11+. The molecule has 2 N–H and O–H groups in total. The predicted molar refractivity (Wildman–Crippen MR) is 91.3 cm³/mol. The minimum atomic E-state index is -0.974. The summed E-state index contributed by atoms with van der Waals surface area (Å²) in [4.78, 5) is 27.8. The Morgan fingerprint density at radius 2 is 1.79 bits per heavy atom. The van der Waals surface area contributed by atoms with Crippen LogP contribution in [0.25, 0.3) is 6.08 Å². The second kappa shape index (κ2) is 8.76. The van der Waals surface area contributed by atoms with Crippen molar-refractivity contribution in [2.45, 2.75) is 19.6 Å². The number of carboxylic acid groups (broad SMARTS) is 1. The van der Waals surface area contributed by atoms with Crippen LogP contribution < -0.4 is 5.48 Å². The Morgan fingerprint density at radius 3 is 2.42 bits per heavy atom. The van der Waals surface area contributed by atoms with Crippen molar-refractivity contribution in [2.24, 2.45) is 0 Å². The summed E-state index contributed by atoms with van der Waals surface area (Å²) >= 11 is 0. The quantitative estimate of drug-likeness (QED) is 0.443. The molecule has 1 unspecified atom stereocenters. The van der Waals surface area contributed by atoms with Gasteiger partial charge in [-0.05, 0) is 24.1 Å². The van der Waals surface area contributed by atoms with Gasteiger partial charge < -0.3 is 5.11 Å². The SMILES string of the molecule is CC(NOCc1ccc(/C=C/C(=O)c2ccccc2)cc1)C(=O)O. The van der Waals surface area contributed by atoms with Gasteiger partial charge in [0.15, 0.2) is 5.78 Å². The maximum absolute atomic E-state index is 12.0. The average molecular weight is 325 g/mol. The van der Waals surface area contributed by atoms with Gasteiger partial charge in [-0.25, -0.2) is 0 Å². The molecule has 124 valence electrons. The van der Waals surface area contributed by atoms with Crippen LogP contribution in [-0.2, 0) is 16.2 Å². The zero-order valence-electron chi connectivity index (χ0n) is 13.3. The zero-order chi connectivity index (χ0) is 17.4. The smallest absolute Gasteiger partial charge is 0.322 e. The molecule has 2 aromatic carbocycles. The third-order valence-electron chi connectivity index (χ3n) is 3.33. The number of hydroxylamine groups is 1. The van der Waals surface area contributed by atoms with Crippen LogP contribution in [-0.4, -0.2) is 22.9 Å². The Bertz CT molecular complexity index is 708. The fraction of sp³-hybridized carbons (Fsp3) is 0.158. The summed E-state index contributed by atoms with van der Waals surface area (Å²) in [5.74, 6) is -1.02. The van der Waals surface area contributed by atoms with Crippen molar-refractivity contribution in [1.82, 2.24) is 5.48 Å². The third kappa shape index (κ3) is 5.46. The molecule has 0 aliphatic rings. The van der Waals surface area contributed by atoms with Gasteiger partial charge in [0, 0.05) is 5.56 Å². The van der Waals surface area contributed by atoms with Crippen molar-refractivity contribution in [2.75, 3.05) is 0 Å². The minimum Gasteiger partial charge on any atom is -0.480 e. The number of hydrogen-bond acceptors (Lipinski definition) is 4. The van der Waals surface area contributed by atoms with Gasteiger partial charge >= 0.3 is 5.97 Å². The van der Waals surface area contributed by atoms with Crippen molar-refractivity contribution in [1.29, 1.82) is 0 Å². The number of rotatable bonds is 8. The lowest BCUT2D eigenvalue weighted by Gasteiger charge is -2.09. The number of aliphatic carboxylic acids is 1. The number of carbonyl (C=O) groups excluding carboxylic acids is 1. The summed E-state index contributed by atoms with van der Waals surface area (Å²) < 4.78 is 0. The van der Waals surface area contributed by atoms with Crippen LogP contribution in [0.1, 0.15) is 28.4 Å². The topological polar surface area (TPSA) is 75.6 Å². The second-order valence-electron chi connectivity index (χ2n) is 5.27. The Hall–Kier alpha value is -2.76. The van der Waals surface area contributed by atoms with Gasteiger partial charge in [-0.15, -0.1) is 0 Å². The Balaban J connectivity index is 1.87. The second-order valence-corrected chi connectivity index (χ2v) is 5.27. The fourth-order valence-corrected chi connectivity index (χ4v) is 1.90. The number of allylic oxidation sites excluding steroid dienone is 1. The number of ketones is 1. The Morgan fingerprint density at radius 1 is 1.12 bits per heavy atom. The summed E-state index contributed by atoms with van der Waals surface area (Å²) in [6, 6.07) is 15.8. The van der Waals surface area contributed by atoms with E-state index in [0.29, 0.717) is 5.56 Å². The lowest BCUT2D eigenvalue weighted by atomic mass is 10.1. The molecule has 0 saturated carbocycles. The van der Waals surface area contributed by atoms with Crippen molar-refractivity contribution in [3.05, 3.63) is 77.4 Å². The van der Waals surface area contributed by atoms with E-state index in [0.717, 1.165) is 11.1 Å². The largest absolute Gasteiger partial charge is 0.480 e. The van der Waals surface area contributed by atoms with Gasteiger partial charge in [-0.2, -0.15) is 5.48 Å². The number of carboxylic acids is 1. The van der Waals surface area contributed by atoms with Gasteiger partial charge in [0.25, 0.3) is 0 Å². The minimum absolute atomic E-state index is 0.0464. The van der Waals surface area contributed by atoms with Gasteiger partial charge in [-0.3, -0.25) is 14.4 Å². The first kappa shape index (κ1) is 17.6. The van der Waals surface area contributed by atoms with Gasteiger partial charge in [0.2, 0.25) is 0 Å². The highest BCUT2D eigenvalue weighted by molar-refractivity contribution is 6.06.